The van der Waals surface area contributed by atoms with Crippen LogP contribution in [0, 0.1) is 10.1 Å². The van der Waals surface area contributed by atoms with Crippen LogP contribution in [0.3, 0.4) is 0 Å². The summed E-state index contributed by atoms with van der Waals surface area (Å²) in [4.78, 5) is 27.3. The van der Waals surface area contributed by atoms with Gasteiger partial charge in [0.05, 0.1) is 22.8 Å². The van der Waals surface area contributed by atoms with Crippen molar-refractivity contribution < 1.29 is 18.9 Å². The van der Waals surface area contributed by atoms with Crippen LogP contribution in [-0.4, -0.2) is 22.4 Å². The van der Waals surface area contributed by atoms with E-state index in [0.717, 1.165) is 5.75 Å². The molecule has 0 atom stereocenters. The molecule has 0 aliphatic carbocycles. The summed E-state index contributed by atoms with van der Waals surface area (Å²) in [5.41, 5.74) is 1.89. The summed E-state index contributed by atoms with van der Waals surface area (Å²) in [6.07, 6.45) is 0.858. The number of nitro benzene ring substituents is 1. The van der Waals surface area contributed by atoms with Gasteiger partial charge in [-0.25, -0.2) is 4.98 Å². The third-order valence-corrected chi connectivity index (χ3v) is 4.57. The Balaban J connectivity index is 1.43. The molecule has 0 unspecified atom stereocenters. The van der Waals surface area contributed by atoms with E-state index in [-0.39, 0.29) is 17.5 Å². The highest BCUT2D eigenvalue weighted by Crippen LogP contribution is 2.31. The number of carbonyl (C=O) groups excluding carboxylic acids is 1. The molecule has 1 aromatic heterocycles. The summed E-state index contributed by atoms with van der Waals surface area (Å²) in [7, 11) is 0. The van der Waals surface area contributed by atoms with Crippen LogP contribution in [0.15, 0.2) is 77.2 Å². The monoisotopic (exact) mass is 417 g/mol. The van der Waals surface area contributed by atoms with Gasteiger partial charge in [-0.15, -0.1) is 0 Å². The molecule has 0 bridgehead atoms. The molecule has 0 saturated heterocycles. The lowest BCUT2D eigenvalue weighted by atomic mass is 10.1. The number of hydrogen-bond donors (Lipinski definition) is 1. The van der Waals surface area contributed by atoms with Gasteiger partial charge in [0.15, 0.2) is 5.58 Å². The highest BCUT2D eigenvalue weighted by atomic mass is 16.6. The number of nitro groups is 1. The maximum Gasteiger partial charge on any atom is 0.271 e. The number of anilines is 1. The topological polar surface area (TPSA) is 108 Å². The Morgan fingerprint density at radius 1 is 1.06 bits per heavy atom. The van der Waals surface area contributed by atoms with E-state index in [1.807, 2.05) is 30.3 Å². The molecule has 0 radical (unpaired) electrons. The zero-order valence-electron chi connectivity index (χ0n) is 16.5. The number of carbonyl (C=O) groups is 1. The zero-order valence-corrected chi connectivity index (χ0v) is 16.5. The van der Waals surface area contributed by atoms with Crippen molar-refractivity contribution in [2.75, 3.05) is 11.9 Å². The molecule has 1 heterocycles. The lowest BCUT2D eigenvalue weighted by Crippen LogP contribution is -2.13. The summed E-state index contributed by atoms with van der Waals surface area (Å²) >= 11 is 0. The fourth-order valence-electron chi connectivity index (χ4n) is 3.08. The molecule has 1 amide bonds. The van der Waals surface area contributed by atoms with Crippen LogP contribution in [0.25, 0.3) is 22.6 Å². The molecular formula is C23H19N3O5. The van der Waals surface area contributed by atoms with Crippen LogP contribution in [-0.2, 0) is 4.79 Å². The van der Waals surface area contributed by atoms with Gasteiger partial charge in [0, 0.05) is 18.6 Å². The zero-order chi connectivity index (χ0) is 21.6. The Bertz CT molecular complexity index is 1220. The standard InChI is InChI=1S/C23H19N3O5/c27-22(11-6-14-30-17-7-2-1-3-8-17)24-19-10-5-4-9-18(19)23-25-20-15-16(26(28)29)12-13-21(20)31-23/h1-5,7-10,12-13,15H,6,11,14H2,(H,24,27). The smallest absolute Gasteiger partial charge is 0.271 e. The van der Waals surface area contributed by atoms with Gasteiger partial charge in [-0.1, -0.05) is 30.3 Å². The first kappa shape index (κ1) is 20.1. The van der Waals surface area contributed by atoms with Gasteiger partial charge in [0.2, 0.25) is 11.8 Å². The number of amides is 1. The second-order valence-corrected chi connectivity index (χ2v) is 6.79. The molecule has 0 spiro atoms. The summed E-state index contributed by atoms with van der Waals surface area (Å²) in [5, 5.41) is 13.9. The third kappa shape index (κ3) is 4.87. The second kappa shape index (κ2) is 9.08. The van der Waals surface area contributed by atoms with Crippen molar-refractivity contribution >= 4 is 28.4 Å². The van der Waals surface area contributed by atoms with Crippen LogP contribution in [0.4, 0.5) is 11.4 Å². The van der Waals surface area contributed by atoms with Crippen LogP contribution in [0.2, 0.25) is 0 Å². The first-order valence-electron chi connectivity index (χ1n) is 9.72. The molecule has 0 aliphatic rings. The van der Waals surface area contributed by atoms with Gasteiger partial charge in [-0.05, 0) is 36.8 Å². The van der Waals surface area contributed by atoms with Crippen molar-refractivity contribution in [1.29, 1.82) is 0 Å². The number of nitrogens with one attached hydrogen (secondary N) is 1. The van der Waals surface area contributed by atoms with Gasteiger partial charge < -0.3 is 14.5 Å². The molecule has 3 aromatic carbocycles. The quantitative estimate of drug-likeness (QED) is 0.240. The number of nitrogens with zero attached hydrogens (tertiary/aromatic N) is 2. The van der Waals surface area contributed by atoms with E-state index < -0.39 is 4.92 Å². The number of para-hydroxylation sites is 2. The van der Waals surface area contributed by atoms with Crippen molar-refractivity contribution in [2.24, 2.45) is 0 Å². The minimum atomic E-state index is -0.483. The van der Waals surface area contributed by atoms with E-state index in [1.54, 1.807) is 24.3 Å². The lowest BCUT2D eigenvalue weighted by molar-refractivity contribution is -0.384. The van der Waals surface area contributed by atoms with Crippen LogP contribution in [0.1, 0.15) is 12.8 Å². The van der Waals surface area contributed by atoms with Gasteiger partial charge in [0.25, 0.3) is 5.69 Å². The Labute approximate surface area is 177 Å². The van der Waals surface area contributed by atoms with E-state index in [0.29, 0.717) is 41.8 Å². The fourth-order valence-corrected chi connectivity index (χ4v) is 3.08. The average Bonchev–Trinajstić information content (AvgIpc) is 3.21. The molecule has 0 fully saturated rings. The summed E-state index contributed by atoms with van der Waals surface area (Å²) in [6.45, 7) is 0.434. The van der Waals surface area contributed by atoms with Crippen molar-refractivity contribution in [3.8, 4) is 17.2 Å². The fraction of sp³-hybridized carbons (Fsp3) is 0.130. The first-order valence-corrected chi connectivity index (χ1v) is 9.72. The van der Waals surface area contributed by atoms with E-state index in [2.05, 4.69) is 10.3 Å². The summed E-state index contributed by atoms with van der Waals surface area (Å²) in [6, 6.07) is 20.8. The number of non-ortho nitro benzene ring substituents is 1. The highest BCUT2D eigenvalue weighted by Gasteiger charge is 2.16. The van der Waals surface area contributed by atoms with E-state index in [4.69, 9.17) is 9.15 Å². The normalized spacial score (nSPS) is 10.7. The van der Waals surface area contributed by atoms with Gasteiger partial charge in [-0.3, -0.25) is 14.9 Å². The van der Waals surface area contributed by atoms with E-state index >= 15 is 0 Å². The van der Waals surface area contributed by atoms with E-state index in [1.165, 1.54) is 18.2 Å². The summed E-state index contributed by atoms with van der Waals surface area (Å²) < 4.78 is 11.4. The number of fused-ring (bicyclic) bond motifs is 1. The number of benzene rings is 3. The number of hydrogen-bond acceptors (Lipinski definition) is 6. The van der Waals surface area contributed by atoms with Crippen molar-refractivity contribution in [2.45, 2.75) is 12.8 Å². The number of aromatic nitrogens is 1. The number of oxazole rings is 1. The van der Waals surface area contributed by atoms with E-state index in [9.17, 15) is 14.9 Å². The molecule has 4 rings (SSSR count). The third-order valence-electron chi connectivity index (χ3n) is 4.57. The molecule has 1 N–H and O–H groups in total. The van der Waals surface area contributed by atoms with Crippen molar-refractivity contribution in [3.63, 3.8) is 0 Å². The van der Waals surface area contributed by atoms with Gasteiger partial charge in [-0.2, -0.15) is 0 Å². The van der Waals surface area contributed by atoms with Crippen molar-refractivity contribution in [1.82, 2.24) is 4.98 Å². The SMILES string of the molecule is O=C(CCCOc1ccccc1)Nc1ccccc1-c1nc2cc([N+](=O)[O-])ccc2o1. The minimum Gasteiger partial charge on any atom is -0.494 e. The Morgan fingerprint density at radius 3 is 2.65 bits per heavy atom. The largest absolute Gasteiger partial charge is 0.494 e. The van der Waals surface area contributed by atoms with Crippen LogP contribution >= 0.6 is 0 Å². The molecule has 0 saturated carbocycles. The molecule has 0 aliphatic heterocycles. The van der Waals surface area contributed by atoms with Crippen LogP contribution in [0.5, 0.6) is 5.75 Å². The van der Waals surface area contributed by atoms with Gasteiger partial charge >= 0.3 is 0 Å². The molecule has 31 heavy (non-hydrogen) atoms. The maximum absolute atomic E-state index is 12.4. The number of ether oxygens (including phenoxy) is 1. The molecular weight excluding hydrogens is 398 g/mol. The molecule has 4 aromatic rings. The molecule has 156 valence electrons. The predicted molar refractivity (Wildman–Crippen MR) is 116 cm³/mol. The highest BCUT2D eigenvalue weighted by molar-refractivity contribution is 5.95. The summed E-state index contributed by atoms with van der Waals surface area (Å²) in [5.74, 6) is 0.888. The maximum atomic E-state index is 12.4. The average molecular weight is 417 g/mol. The Hall–Kier alpha value is -4.20. The first-order chi connectivity index (χ1) is 15.1. The minimum absolute atomic E-state index is 0.0633. The lowest BCUT2D eigenvalue weighted by Gasteiger charge is -2.09. The predicted octanol–water partition coefficient (Wildman–Crippen LogP) is 5.20. The molecule has 8 nitrogen and oxygen atoms in total. The second-order valence-electron chi connectivity index (χ2n) is 6.79. The Kier molecular flexibility index (Phi) is 5.89. The van der Waals surface area contributed by atoms with Crippen molar-refractivity contribution in [3.05, 3.63) is 82.9 Å². The molecule has 8 heteroatoms. The van der Waals surface area contributed by atoms with Crippen LogP contribution < -0.4 is 10.1 Å². The Morgan fingerprint density at radius 2 is 1.84 bits per heavy atom. The van der Waals surface area contributed by atoms with Gasteiger partial charge in [0.1, 0.15) is 11.3 Å². The number of rotatable bonds is 8.